The quantitative estimate of drug-likeness (QED) is 0.678. The van der Waals surface area contributed by atoms with Gasteiger partial charge in [0, 0.05) is 13.6 Å². The van der Waals surface area contributed by atoms with Crippen LogP contribution in [-0.4, -0.2) is 29.3 Å². The second kappa shape index (κ2) is 6.93. The van der Waals surface area contributed by atoms with E-state index >= 15 is 0 Å². The van der Waals surface area contributed by atoms with Gasteiger partial charge in [0.25, 0.3) is 0 Å². The number of rotatable bonds is 6. The van der Waals surface area contributed by atoms with Crippen LogP contribution in [0.5, 0.6) is 0 Å². The standard InChI is InChI=1S/C18H20FN3O2S/c1-3-22-17-7-5-4-6-16(17)20-18(22)12-21(2)25(23,24)13-14-8-10-15(19)11-9-14/h4-11H,3,12-13H2,1-2H3. The summed E-state index contributed by atoms with van der Waals surface area (Å²) in [5, 5.41) is 0. The van der Waals surface area contributed by atoms with Crippen molar-refractivity contribution in [2.45, 2.75) is 25.8 Å². The van der Waals surface area contributed by atoms with Crippen LogP contribution in [0.25, 0.3) is 11.0 Å². The molecule has 0 unspecified atom stereocenters. The Morgan fingerprint density at radius 1 is 1.12 bits per heavy atom. The average molecular weight is 361 g/mol. The van der Waals surface area contributed by atoms with Gasteiger partial charge in [0.1, 0.15) is 11.6 Å². The first kappa shape index (κ1) is 17.6. The number of benzene rings is 2. The van der Waals surface area contributed by atoms with Crippen molar-refractivity contribution in [1.82, 2.24) is 13.9 Å². The third kappa shape index (κ3) is 3.72. The number of imidazole rings is 1. The number of hydrogen-bond donors (Lipinski definition) is 0. The number of hydrogen-bond acceptors (Lipinski definition) is 3. The summed E-state index contributed by atoms with van der Waals surface area (Å²) in [5.41, 5.74) is 2.39. The van der Waals surface area contributed by atoms with Crippen LogP contribution in [-0.2, 0) is 28.9 Å². The van der Waals surface area contributed by atoms with Crippen LogP contribution >= 0.6 is 0 Å². The Morgan fingerprint density at radius 3 is 2.48 bits per heavy atom. The number of halogens is 1. The number of para-hydroxylation sites is 2. The zero-order valence-electron chi connectivity index (χ0n) is 14.2. The molecule has 3 aromatic rings. The van der Waals surface area contributed by atoms with E-state index in [9.17, 15) is 12.8 Å². The normalized spacial score (nSPS) is 12.2. The summed E-state index contributed by atoms with van der Waals surface area (Å²) in [4.78, 5) is 4.56. The summed E-state index contributed by atoms with van der Waals surface area (Å²) in [6.45, 7) is 2.90. The molecule has 0 aliphatic rings. The zero-order valence-corrected chi connectivity index (χ0v) is 15.0. The Hall–Kier alpha value is -2.25. The first-order chi connectivity index (χ1) is 11.9. The van der Waals surface area contributed by atoms with E-state index < -0.39 is 10.0 Å². The van der Waals surface area contributed by atoms with Gasteiger partial charge in [-0.15, -0.1) is 0 Å². The third-order valence-electron chi connectivity index (χ3n) is 4.15. The molecule has 0 saturated carbocycles. The van der Waals surface area contributed by atoms with E-state index in [-0.39, 0.29) is 18.1 Å². The summed E-state index contributed by atoms with van der Waals surface area (Å²) < 4.78 is 41.5. The fourth-order valence-corrected chi connectivity index (χ4v) is 3.94. The molecule has 1 aromatic heterocycles. The van der Waals surface area contributed by atoms with E-state index in [2.05, 4.69) is 4.98 Å². The highest BCUT2D eigenvalue weighted by Crippen LogP contribution is 2.19. The van der Waals surface area contributed by atoms with Gasteiger partial charge in [-0.05, 0) is 36.8 Å². The number of aromatic nitrogens is 2. The lowest BCUT2D eigenvalue weighted by Gasteiger charge is -2.17. The molecule has 5 nitrogen and oxygen atoms in total. The minimum Gasteiger partial charge on any atom is -0.327 e. The summed E-state index contributed by atoms with van der Waals surface area (Å²) >= 11 is 0. The predicted octanol–water partition coefficient (Wildman–Crippen LogP) is 3.16. The molecule has 0 N–H and O–H groups in total. The van der Waals surface area contributed by atoms with Crippen LogP contribution in [0.4, 0.5) is 4.39 Å². The maximum Gasteiger partial charge on any atom is 0.218 e. The molecular weight excluding hydrogens is 341 g/mol. The fraction of sp³-hybridized carbons (Fsp3) is 0.278. The molecule has 0 aliphatic carbocycles. The number of nitrogens with zero attached hydrogens (tertiary/aromatic N) is 3. The Bertz CT molecular complexity index is 981. The maximum atomic E-state index is 13.0. The van der Waals surface area contributed by atoms with Crippen LogP contribution in [0, 0.1) is 5.82 Å². The number of fused-ring (bicyclic) bond motifs is 1. The molecule has 25 heavy (non-hydrogen) atoms. The predicted molar refractivity (Wildman–Crippen MR) is 95.9 cm³/mol. The van der Waals surface area contributed by atoms with Crippen LogP contribution in [0.3, 0.4) is 0 Å². The topological polar surface area (TPSA) is 55.2 Å². The van der Waals surface area contributed by atoms with Crippen LogP contribution < -0.4 is 0 Å². The second-order valence-corrected chi connectivity index (χ2v) is 7.98. The summed E-state index contributed by atoms with van der Waals surface area (Å²) in [5.74, 6) is 0.149. The van der Waals surface area contributed by atoms with Crippen LogP contribution in [0.1, 0.15) is 18.3 Å². The highest BCUT2D eigenvalue weighted by Gasteiger charge is 2.21. The van der Waals surface area contributed by atoms with Gasteiger partial charge in [-0.2, -0.15) is 4.31 Å². The largest absolute Gasteiger partial charge is 0.327 e. The van der Waals surface area contributed by atoms with Gasteiger partial charge in [-0.1, -0.05) is 24.3 Å². The van der Waals surface area contributed by atoms with Gasteiger partial charge < -0.3 is 4.57 Å². The van der Waals surface area contributed by atoms with Crippen molar-refractivity contribution in [2.24, 2.45) is 0 Å². The van der Waals surface area contributed by atoms with Crippen molar-refractivity contribution in [1.29, 1.82) is 0 Å². The molecule has 0 fully saturated rings. The van der Waals surface area contributed by atoms with Gasteiger partial charge in [0.05, 0.1) is 23.3 Å². The van der Waals surface area contributed by atoms with Crippen molar-refractivity contribution in [3.63, 3.8) is 0 Å². The summed E-state index contributed by atoms with van der Waals surface area (Å²) in [6.07, 6.45) is 0. The van der Waals surface area contributed by atoms with Gasteiger partial charge >= 0.3 is 0 Å². The van der Waals surface area contributed by atoms with E-state index in [1.807, 2.05) is 35.8 Å². The van der Waals surface area contributed by atoms with E-state index in [4.69, 9.17) is 0 Å². The van der Waals surface area contributed by atoms with Crippen molar-refractivity contribution in [3.8, 4) is 0 Å². The van der Waals surface area contributed by atoms with E-state index in [0.29, 0.717) is 17.9 Å². The Balaban J connectivity index is 1.83. The Kier molecular flexibility index (Phi) is 4.87. The average Bonchev–Trinajstić information content (AvgIpc) is 2.93. The molecule has 0 bridgehead atoms. The molecule has 1 heterocycles. The first-order valence-electron chi connectivity index (χ1n) is 8.03. The van der Waals surface area contributed by atoms with Crippen molar-refractivity contribution in [3.05, 3.63) is 65.7 Å². The van der Waals surface area contributed by atoms with Crippen molar-refractivity contribution >= 4 is 21.1 Å². The molecule has 132 valence electrons. The van der Waals surface area contributed by atoms with E-state index in [0.717, 1.165) is 11.0 Å². The van der Waals surface area contributed by atoms with Crippen molar-refractivity contribution in [2.75, 3.05) is 7.05 Å². The highest BCUT2D eigenvalue weighted by atomic mass is 32.2. The summed E-state index contributed by atoms with van der Waals surface area (Å²) in [7, 11) is -1.99. The molecule has 0 saturated heterocycles. The minimum absolute atomic E-state index is 0.171. The molecule has 0 amide bonds. The Labute approximate surface area is 146 Å². The second-order valence-electron chi connectivity index (χ2n) is 5.90. The molecule has 3 rings (SSSR count). The first-order valence-corrected chi connectivity index (χ1v) is 9.64. The molecule has 7 heteroatoms. The summed E-state index contributed by atoms with van der Waals surface area (Å²) in [6, 6.07) is 13.2. The molecular formula is C18H20FN3O2S. The molecule has 0 radical (unpaired) electrons. The lowest BCUT2D eigenvalue weighted by atomic mass is 10.2. The highest BCUT2D eigenvalue weighted by molar-refractivity contribution is 7.88. The van der Waals surface area contributed by atoms with Crippen molar-refractivity contribution < 1.29 is 12.8 Å². The lowest BCUT2D eigenvalue weighted by molar-refractivity contribution is 0.448. The third-order valence-corrected chi connectivity index (χ3v) is 5.93. The number of sulfonamides is 1. The fourth-order valence-electron chi connectivity index (χ4n) is 2.80. The van der Waals surface area contributed by atoms with Gasteiger partial charge in [-0.25, -0.2) is 17.8 Å². The number of aryl methyl sites for hydroxylation is 1. The van der Waals surface area contributed by atoms with Gasteiger partial charge in [-0.3, -0.25) is 0 Å². The van der Waals surface area contributed by atoms with E-state index in [1.54, 1.807) is 0 Å². The van der Waals surface area contributed by atoms with Gasteiger partial charge in [0.15, 0.2) is 0 Å². The maximum absolute atomic E-state index is 13.0. The monoisotopic (exact) mass is 361 g/mol. The zero-order chi connectivity index (χ0) is 18.0. The van der Waals surface area contributed by atoms with Crippen LogP contribution in [0.15, 0.2) is 48.5 Å². The van der Waals surface area contributed by atoms with E-state index in [1.165, 1.54) is 35.6 Å². The van der Waals surface area contributed by atoms with Crippen LogP contribution in [0.2, 0.25) is 0 Å². The molecule has 0 aliphatic heterocycles. The SMILES string of the molecule is CCn1c(CN(C)S(=O)(=O)Cc2ccc(F)cc2)nc2ccccc21. The minimum atomic E-state index is -3.53. The molecule has 0 atom stereocenters. The smallest absolute Gasteiger partial charge is 0.218 e. The molecule has 0 spiro atoms. The molecule has 2 aromatic carbocycles. The van der Waals surface area contributed by atoms with Gasteiger partial charge in [0.2, 0.25) is 10.0 Å². The Morgan fingerprint density at radius 2 is 1.80 bits per heavy atom. The lowest BCUT2D eigenvalue weighted by Crippen LogP contribution is -2.29.